The van der Waals surface area contributed by atoms with E-state index in [2.05, 4.69) is 5.32 Å². The van der Waals surface area contributed by atoms with Gasteiger partial charge < -0.3 is 15.2 Å². The Morgan fingerprint density at radius 1 is 1.08 bits per heavy atom. The normalized spacial score (nSPS) is 12.9. The molecule has 2 unspecified atom stereocenters. The minimum atomic E-state index is -1.04. The van der Waals surface area contributed by atoms with Crippen LogP contribution in [-0.4, -0.2) is 30.1 Å². The number of carboxylic acid groups (broad SMARTS) is 1. The van der Waals surface area contributed by atoms with Crippen LogP contribution in [0.4, 0.5) is 0 Å². The Morgan fingerprint density at radius 3 is 2.36 bits per heavy atom. The number of carbonyl (C=O) groups excluding carboxylic acids is 1. The molecule has 0 aliphatic rings. The first kappa shape index (κ1) is 18.5. The van der Waals surface area contributed by atoms with Crippen LogP contribution in [0.1, 0.15) is 30.4 Å². The number of carboxylic acids is 1. The molecule has 0 aliphatic carbocycles. The van der Waals surface area contributed by atoms with E-state index in [1.165, 1.54) is 0 Å². The zero-order valence-corrected chi connectivity index (χ0v) is 14.4. The molecule has 0 spiro atoms. The standard InChI is InChI=1S/C20H23NO4/c1-14(16-10-6-7-11-18(16)25-2)12-19(22)21-17(20(23)24)13-15-8-4-3-5-9-15/h3-11,14,17H,12-13H2,1-2H3,(H,21,22)(H,23,24). The zero-order chi connectivity index (χ0) is 18.2. The molecule has 1 amide bonds. The number of hydrogen-bond donors (Lipinski definition) is 2. The Hall–Kier alpha value is -2.82. The second kappa shape index (κ2) is 8.87. The fraction of sp³-hybridized carbons (Fsp3) is 0.300. The summed E-state index contributed by atoms with van der Waals surface area (Å²) in [5.74, 6) is -0.687. The van der Waals surface area contributed by atoms with Gasteiger partial charge >= 0.3 is 5.97 Å². The van der Waals surface area contributed by atoms with Crippen LogP contribution in [0.2, 0.25) is 0 Å². The number of methoxy groups -OCH3 is 1. The average Bonchev–Trinajstić information content (AvgIpc) is 2.61. The van der Waals surface area contributed by atoms with Crippen LogP contribution < -0.4 is 10.1 Å². The van der Waals surface area contributed by atoms with Crippen molar-refractivity contribution in [1.82, 2.24) is 5.32 Å². The van der Waals surface area contributed by atoms with Crippen LogP contribution in [0.25, 0.3) is 0 Å². The minimum Gasteiger partial charge on any atom is -0.496 e. The first-order valence-electron chi connectivity index (χ1n) is 8.20. The van der Waals surface area contributed by atoms with Crippen LogP contribution in [0.15, 0.2) is 54.6 Å². The van der Waals surface area contributed by atoms with Crippen LogP contribution in [0.5, 0.6) is 5.75 Å². The van der Waals surface area contributed by atoms with Gasteiger partial charge in [-0.05, 0) is 23.1 Å². The molecule has 0 heterocycles. The lowest BCUT2D eigenvalue weighted by atomic mass is 9.96. The molecule has 132 valence electrons. The molecule has 5 heteroatoms. The summed E-state index contributed by atoms with van der Waals surface area (Å²) in [7, 11) is 1.59. The average molecular weight is 341 g/mol. The van der Waals surface area contributed by atoms with Gasteiger partial charge in [-0.1, -0.05) is 55.5 Å². The summed E-state index contributed by atoms with van der Waals surface area (Å²) in [5.41, 5.74) is 1.79. The molecule has 0 saturated carbocycles. The van der Waals surface area contributed by atoms with Crippen molar-refractivity contribution in [3.63, 3.8) is 0 Å². The van der Waals surface area contributed by atoms with Crippen molar-refractivity contribution >= 4 is 11.9 Å². The number of amides is 1. The molecule has 2 N–H and O–H groups in total. The maximum Gasteiger partial charge on any atom is 0.326 e. The Balaban J connectivity index is 2.00. The Morgan fingerprint density at radius 2 is 1.72 bits per heavy atom. The monoisotopic (exact) mass is 341 g/mol. The van der Waals surface area contributed by atoms with E-state index < -0.39 is 12.0 Å². The quantitative estimate of drug-likeness (QED) is 0.774. The molecule has 0 fully saturated rings. The molecule has 5 nitrogen and oxygen atoms in total. The van der Waals surface area contributed by atoms with Crippen LogP contribution >= 0.6 is 0 Å². The summed E-state index contributed by atoms with van der Waals surface area (Å²) in [5, 5.41) is 12.0. The predicted octanol–water partition coefficient (Wildman–Crippen LogP) is 3.00. The van der Waals surface area contributed by atoms with E-state index in [9.17, 15) is 14.7 Å². The third-order valence-corrected chi connectivity index (χ3v) is 4.08. The van der Waals surface area contributed by atoms with Crippen molar-refractivity contribution in [2.45, 2.75) is 31.7 Å². The highest BCUT2D eigenvalue weighted by Crippen LogP contribution is 2.28. The van der Waals surface area contributed by atoms with Gasteiger partial charge in [0, 0.05) is 12.8 Å². The summed E-state index contributed by atoms with van der Waals surface area (Å²) < 4.78 is 5.32. The molecule has 0 aliphatic heterocycles. The second-order valence-corrected chi connectivity index (χ2v) is 6.00. The van der Waals surface area contributed by atoms with Crippen molar-refractivity contribution in [3.05, 3.63) is 65.7 Å². The van der Waals surface area contributed by atoms with Gasteiger partial charge in [0.2, 0.25) is 5.91 Å². The summed E-state index contributed by atoms with van der Waals surface area (Å²) in [4.78, 5) is 23.8. The van der Waals surface area contributed by atoms with E-state index in [0.717, 1.165) is 16.9 Å². The lowest BCUT2D eigenvalue weighted by Crippen LogP contribution is -2.42. The van der Waals surface area contributed by atoms with Crippen molar-refractivity contribution in [2.75, 3.05) is 7.11 Å². The van der Waals surface area contributed by atoms with Crippen LogP contribution in [0, 0.1) is 0 Å². The summed E-state index contributed by atoms with van der Waals surface area (Å²) in [6, 6.07) is 15.8. The van der Waals surface area contributed by atoms with E-state index in [-0.39, 0.29) is 24.7 Å². The molecule has 2 aromatic carbocycles. The molecule has 2 atom stereocenters. The smallest absolute Gasteiger partial charge is 0.326 e. The summed E-state index contributed by atoms with van der Waals surface area (Å²) in [6.07, 6.45) is 0.448. The Bertz CT molecular complexity index is 715. The number of nitrogens with one attached hydrogen (secondary N) is 1. The highest BCUT2D eigenvalue weighted by molar-refractivity contribution is 5.84. The van der Waals surface area contributed by atoms with E-state index >= 15 is 0 Å². The van der Waals surface area contributed by atoms with Gasteiger partial charge in [0.05, 0.1) is 7.11 Å². The van der Waals surface area contributed by atoms with Gasteiger partial charge in [-0.2, -0.15) is 0 Å². The number of rotatable bonds is 8. The van der Waals surface area contributed by atoms with E-state index in [0.29, 0.717) is 0 Å². The lowest BCUT2D eigenvalue weighted by Gasteiger charge is -2.18. The van der Waals surface area contributed by atoms with Crippen LogP contribution in [0.3, 0.4) is 0 Å². The number of benzene rings is 2. The highest BCUT2D eigenvalue weighted by Gasteiger charge is 2.22. The number of hydrogen-bond acceptors (Lipinski definition) is 3. The first-order chi connectivity index (χ1) is 12.0. The Labute approximate surface area is 147 Å². The summed E-state index contributed by atoms with van der Waals surface area (Å²) >= 11 is 0. The fourth-order valence-electron chi connectivity index (χ4n) is 2.76. The van der Waals surface area contributed by atoms with E-state index in [1.54, 1.807) is 7.11 Å². The third-order valence-electron chi connectivity index (χ3n) is 4.08. The molecule has 2 rings (SSSR count). The molecule has 0 radical (unpaired) electrons. The SMILES string of the molecule is COc1ccccc1C(C)CC(=O)NC(Cc1ccccc1)C(=O)O. The topological polar surface area (TPSA) is 75.6 Å². The molecule has 2 aromatic rings. The molecule has 0 saturated heterocycles. The molecule has 25 heavy (non-hydrogen) atoms. The van der Waals surface area contributed by atoms with Crippen molar-refractivity contribution < 1.29 is 19.4 Å². The van der Waals surface area contributed by atoms with Crippen molar-refractivity contribution in [3.8, 4) is 5.75 Å². The van der Waals surface area contributed by atoms with Gasteiger partial charge in [-0.25, -0.2) is 4.79 Å². The molecule has 0 bridgehead atoms. The number of ether oxygens (including phenoxy) is 1. The highest BCUT2D eigenvalue weighted by atomic mass is 16.5. The van der Waals surface area contributed by atoms with Gasteiger partial charge in [0.15, 0.2) is 0 Å². The first-order valence-corrected chi connectivity index (χ1v) is 8.20. The maximum atomic E-state index is 12.3. The number of aliphatic carboxylic acids is 1. The number of carbonyl (C=O) groups is 2. The largest absolute Gasteiger partial charge is 0.496 e. The van der Waals surface area contributed by atoms with E-state index in [1.807, 2.05) is 61.5 Å². The Kier molecular flexibility index (Phi) is 6.57. The number of para-hydroxylation sites is 1. The maximum absolute atomic E-state index is 12.3. The van der Waals surface area contributed by atoms with Gasteiger partial charge in [-0.15, -0.1) is 0 Å². The fourth-order valence-corrected chi connectivity index (χ4v) is 2.76. The molecular formula is C20H23NO4. The second-order valence-electron chi connectivity index (χ2n) is 6.00. The van der Waals surface area contributed by atoms with Gasteiger partial charge in [-0.3, -0.25) is 4.79 Å². The minimum absolute atomic E-state index is 0.0812. The van der Waals surface area contributed by atoms with Crippen LogP contribution in [-0.2, 0) is 16.0 Å². The van der Waals surface area contributed by atoms with Crippen molar-refractivity contribution in [1.29, 1.82) is 0 Å². The molecule has 0 aromatic heterocycles. The van der Waals surface area contributed by atoms with Gasteiger partial charge in [0.1, 0.15) is 11.8 Å². The summed E-state index contributed by atoms with van der Waals surface area (Å²) in [6.45, 7) is 1.92. The van der Waals surface area contributed by atoms with Gasteiger partial charge in [0.25, 0.3) is 0 Å². The predicted molar refractivity (Wildman–Crippen MR) is 95.7 cm³/mol. The third kappa shape index (κ3) is 5.35. The zero-order valence-electron chi connectivity index (χ0n) is 14.4. The van der Waals surface area contributed by atoms with Crippen molar-refractivity contribution in [2.24, 2.45) is 0 Å². The lowest BCUT2D eigenvalue weighted by molar-refractivity contribution is -0.141. The molecular weight excluding hydrogens is 318 g/mol. The van der Waals surface area contributed by atoms with E-state index in [4.69, 9.17) is 4.74 Å².